The van der Waals surface area contributed by atoms with E-state index in [-0.39, 0.29) is 17.6 Å². The minimum atomic E-state index is -1.11. The smallest absolute Gasteiger partial charge is 0.239 e. The van der Waals surface area contributed by atoms with Gasteiger partial charge in [-0.2, -0.15) is 0 Å². The van der Waals surface area contributed by atoms with Crippen molar-refractivity contribution in [3.8, 4) is 0 Å². The van der Waals surface area contributed by atoms with E-state index in [2.05, 4.69) is 0 Å². The normalized spacial score (nSPS) is 28.5. The molecule has 1 saturated carbocycles. The van der Waals surface area contributed by atoms with Crippen molar-refractivity contribution in [2.45, 2.75) is 13.8 Å². The topological polar surface area (TPSA) is 54.5 Å². The average molecular weight is 484 g/mol. The van der Waals surface area contributed by atoms with Gasteiger partial charge in [0, 0.05) is 0 Å². The van der Waals surface area contributed by atoms with Gasteiger partial charge in [-0.3, -0.25) is 14.4 Å². The number of fused-ring (bicyclic) bond motifs is 6. The van der Waals surface area contributed by atoms with Crippen molar-refractivity contribution in [1.82, 2.24) is 0 Å². The first kappa shape index (κ1) is 21.9. The van der Waals surface area contributed by atoms with E-state index in [9.17, 15) is 14.4 Å². The summed E-state index contributed by atoms with van der Waals surface area (Å²) in [5, 5.41) is 2.00. The van der Waals surface area contributed by atoms with E-state index in [1.807, 2.05) is 117 Å². The first-order valence-electron chi connectivity index (χ1n) is 12.7. The molecule has 0 N–H and O–H groups in total. The highest BCUT2D eigenvalue weighted by molar-refractivity contribution is 6.34. The molecule has 4 atom stereocenters. The van der Waals surface area contributed by atoms with Crippen LogP contribution in [-0.2, 0) is 14.4 Å². The number of carbonyl (C=O) groups is 3. The second-order valence-electron chi connectivity index (χ2n) is 10.7. The Morgan fingerprint density at radius 2 is 1.03 bits per heavy atom. The zero-order valence-corrected chi connectivity index (χ0v) is 20.6. The van der Waals surface area contributed by atoms with Crippen LogP contribution in [0.1, 0.15) is 25.0 Å². The number of amides is 2. The molecule has 4 aromatic rings. The number of allylic oxidation sites excluding steroid dienone is 2. The molecule has 1 aliphatic heterocycles. The highest BCUT2D eigenvalue weighted by Gasteiger charge is 2.78. The van der Waals surface area contributed by atoms with Gasteiger partial charge < -0.3 is 0 Å². The zero-order chi connectivity index (χ0) is 25.5. The summed E-state index contributed by atoms with van der Waals surface area (Å²) >= 11 is 0. The summed E-state index contributed by atoms with van der Waals surface area (Å²) in [7, 11) is 0. The number of rotatable bonds is 3. The maximum absolute atomic E-state index is 14.3. The number of hydrogen-bond donors (Lipinski definition) is 0. The van der Waals surface area contributed by atoms with Gasteiger partial charge in [0.2, 0.25) is 11.8 Å². The third kappa shape index (κ3) is 2.60. The molecule has 0 spiro atoms. The van der Waals surface area contributed by atoms with Crippen LogP contribution < -0.4 is 4.90 Å². The molecule has 4 heteroatoms. The summed E-state index contributed by atoms with van der Waals surface area (Å²) in [5.74, 6) is -2.10. The second-order valence-corrected chi connectivity index (χ2v) is 10.7. The second kappa shape index (κ2) is 7.36. The van der Waals surface area contributed by atoms with Gasteiger partial charge in [0.25, 0.3) is 0 Å². The highest BCUT2D eigenvalue weighted by Crippen LogP contribution is 2.73. The van der Waals surface area contributed by atoms with Crippen molar-refractivity contribution in [2.75, 3.05) is 4.90 Å². The van der Waals surface area contributed by atoms with Crippen LogP contribution in [0.4, 0.5) is 5.69 Å². The molecule has 0 aromatic heterocycles. The Hall–Kier alpha value is -4.31. The van der Waals surface area contributed by atoms with E-state index in [0.717, 1.165) is 33.0 Å². The van der Waals surface area contributed by atoms with Crippen molar-refractivity contribution < 1.29 is 14.4 Å². The van der Waals surface area contributed by atoms with E-state index in [4.69, 9.17) is 0 Å². The molecular weight excluding hydrogens is 458 g/mol. The number of carbonyl (C=O) groups excluding carboxylic acids is 3. The summed E-state index contributed by atoms with van der Waals surface area (Å²) < 4.78 is 0. The number of hydrogen-bond acceptors (Lipinski definition) is 3. The molecule has 1 saturated heterocycles. The Labute approximate surface area is 215 Å². The molecule has 4 nitrogen and oxygen atoms in total. The van der Waals surface area contributed by atoms with Gasteiger partial charge in [0.15, 0.2) is 5.78 Å². The first-order valence-corrected chi connectivity index (χ1v) is 12.7. The molecule has 37 heavy (non-hydrogen) atoms. The SMILES string of the molecule is C[C@]12C(=O)[C@](C)(C(c3ccccc3)=C1c1ccccc1)[C@H]1C(=O)N(c3ccc4ccccc4c3)C(=O)[C@@H]12. The van der Waals surface area contributed by atoms with Gasteiger partial charge in [-0.1, -0.05) is 91.0 Å². The molecular formula is C33H25NO3. The van der Waals surface area contributed by atoms with Gasteiger partial charge >= 0.3 is 0 Å². The Morgan fingerprint density at radius 3 is 1.54 bits per heavy atom. The van der Waals surface area contributed by atoms with Crippen molar-refractivity contribution >= 4 is 45.2 Å². The lowest BCUT2D eigenvalue weighted by atomic mass is 9.63. The predicted octanol–water partition coefficient (Wildman–Crippen LogP) is 6.17. The van der Waals surface area contributed by atoms with Gasteiger partial charge in [-0.25, -0.2) is 4.90 Å². The monoisotopic (exact) mass is 483 g/mol. The molecule has 2 bridgehead atoms. The van der Waals surface area contributed by atoms with Gasteiger partial charge in [-0.15, -0.1) is 0 Å². The molecule has 1 heterocycles. The van der Waals surface area contributed by atoms with Crippen LogP contribution in [0.25, 0.3) is 21.9 Å². The molecule has 2 aliphatic carbocycles. The van der Waals surface area contributed by atoms with Gasteiger partial charge in [0.05, 0.1) is 28.4 Å². The van der Waals surface area contributed by atoms with E-state index in [1.54, 1.807) is 0 Å². The summed E-state index contributed by atoms with van der Waals surface area (Å²) in [6, 6.07) is 33.2. The van der Waals surface area contributed by atoms with Crippen LogP contribution in [0.3, 0.4) is 0 Å². The average Bonchev–Trinajstić information content (AvgIpc) is 3.38. The Kier molecular flexibility index (Phi) is 4.36. The predicted molar refractivity (Wildman–Crippen MR) is 144 cm³/mol. The molecule has 3 aliphatic rings. The van der Waals surface area contributed by atoms with Crippen LogP contribution in [0.2, 0.25) is 0 Å². The van der Waals surface area contributed by atoms with Crippen LogP contribution in [0.15, 0.2) is 103 Å². The fourth-order valence-electron chi connectivity index (χ4n) is 7.38. The van der Waals surface area contributed by atoms with Crippen molar-refractivity contribution in [3.05, 3.63) is 114 Å². The number of nitrogens with zero attached hydrogens (tertiary/aromatic N) is 1. The third-order valence-corrected chi connectivity index (χ3v) is 8.90. The minimum absolute atomic E-state index is 0.0347. The molecule has 180 valence electrons. The Morgan fingerprint density at radius 1 is 0.568 bits per heavy atom. The molecule has 7 rings (SSSR count). The number of imide groups is 1. The highest BCUT2D eigenvalue weighted by atomic mass is 16.2. The fraction of sp³-hybridized carbons (Fsp3) is 0.182. The molecule has 0 radical (unpaired) electrons. The van der Waals surface area contributed by atoms with E-state index < -0.39 is 22.7 Å². The maximum atomic E-state index is 14.3. The number of ketones is 1. The summed E-state index contributed by atoms with van der Waals surface area (Å²) in [6.07, 6.45) is 0. The Balaban J connectivity index is 1.46. The van der Waals surface area contributed by atoms with Crippen molar-refractivity contribution in [3.63, 3.8) is 0 Å². The third-order valence-electron chi connectivity index (χ3n) is 8.90. The van der Waals surface area contributed by atoms with E-state index >= 15 is 0 Å². The minimum Gasteiger partial charge on any atom is -0.298 e. The molecule has 2 fully saturated rings. The summed E-state index contributed by atoms with van der Waals surface area (Å²) in [5.41, 5.74) is 1.93. The van der Waals surface area contributed by atoms with E-state index in [0.29, 0.717) is 5.69 Å². The number of Topliss-reactive ketones (excluding diaryl/α,β-unsaturated/α-hetero) is 1. The molecule has 4 aromatic carbocycles. The summed E-state index contributed by atoms with van der Waals surface area (Å²) in [6.45, 7) is 3.76. The van der Waals surface area contributed by atoms with Crippen molar-refractivity contribution in [2.24, 2.45) is 22.7 Å². The van der Waals surface area contributed by atoms with Gasteiger partial charge in [0.1, 0.15) is 0 Å². The van der Waals surface area contributed by atoms with E-state index in [1.165, 1.54) is 4.90 Å². The lowest BCUT2D eigenvalue weighted by molar-refractivity contribution is -0.133. The first-order chi connectivity index (χ1) is 17.9. The van der Waals surface area contributed by atoms with Crippen LogP contribution >= 0.6 is 0 Å². The maximum Gasteiger partial charge on any atom is 0.239 e. The molecule has 2 amide bonds. The standard InChI is InChI=1S/C33H25NO3/c1-32-25(21-12-5-3-6-13-21)26(22-14-7-4-8-15-22)33(2,31(32)37)28-27(32)29(35)34(30(28)36)24-18-17-20-11-9-10-16-23(20)19-24/h3-19,27-28H,1-2H3/t27-,28-,32-,33+/m1/s1. The van der Waals surface area contributed by atoms with Crippen LogP contribution in [0, 0.1) is 22.7 Å². The largest absolute Gasteiger partial charge is 0.298 e. The number of anilines is 1. The zero-order valence-electron chi connectivity index (χ0n) is 20.6. The summed E-state index contributed by atoms with van der Waals surface area (Å²) in [4.78, 5) is 44.0. The van der Waals surface area contributed by atoms with Crippen molar-refractivity contribution in [1.29, 1.82) is 0 Å². The van der Waals surface area contributed by atoms with Crippen LogP contribution in [-0.4, -0.2) is 17.6 Å². The lowest BCUT2D eigenvalue weighted by Gasteiger charge is -2.35. The molecule has 0 unspecified atom stereocenters. The fourth-order valence-corrected chi connectivity index (χ4v) is 7.38. The lowest BCUT2D eigenvalue weighted by Crippen LogP contribution is -2.40. The quantitative estimate of drug-likeness (QED) is 0.328. The Bertz CT molecular complexity index is 1590. The van der Waals surface area contributed by atoms with Crippen LogP contribution in [0.5, 0.6) is 0 Å². The number of benzene rings is 4. The van der Waals surface area contributed by atoms with Gasteiger partial charge in [-0.05, 0) is 59.0 Å².